The standard InChI is InChI=1S/C11H17NO/c13-11(12-6-1-2-7-12)10-8-4-3-5-9(8)10/h8-10H,1-7H2. The summed E-state index contributed by atoms with van der Waals surface area (Å²) in [7, 11) is 0. The van der Waals surface area contributed by atoms with Crippen molar-refractivity contribution in [1.29, 1.82) is 0 Å². The van der Waals surface area contributed by atoms with E-state index in [0.29, 0.717) is 11.8 Å². The van der Waals surface area contributed by atoms with Gasteiger partial charge in [-0.05, 0) is 37.5 Å². The first-order valence-corrected chi connectivity index (χ1v) is 5.67. The summed E-state index contributed by atoms with van der Waals surface area (Å²) in [5.74, 6) is 2.56. The van der Waals surface area contributed by atoms with Crippen molar-refractivity contribution >= 4 is 5.91 Å². The van der Waals surface area contributed by atoms with Crippen LogP contribution in [0.1, 0.15) is 32.1 Å². The molecule has 3 rings (SSSR count). The molecule has 13 heavy (non-hydrogen) atoms. The summed E-state index contributed by atoms with van der Waals surface area (Å²) in [6.45, 7) is 2.07. The fourth-order valence-electron chi connectivity index (χ4n) is 3.34. The lowest BCUT2D eigenvalue weighted by molar-refractivity contribution is -0.132. The lowest BCUT2D eigenvalue weighted by atomic mass is 10.1. The fourth-order valence-corrected chi connectivity index (χ4v) is 3.34. The second kappa shape index (κ2) is 2.73. The topological polar surface area (TPSA) is 20.3 Å². The summed E-state index contributed by atoms with van der Waals surface area (Å²) in [5, 5.41) is 0. The average molecular weight is 179 g/mol. The van der Waals surface area contributed by atoms with Crippen LogP contribution in [-0.2, 0) is 4.79 Å². The second-order valence-electron chi connectivity index (χ2n) is 4.82. The second-order valence-corrected chi connectivity index (χ2v) is 4.82. The summed E-state index contributed by atoms with van der Waals surface area (Å²) in [4.78, 5) is 14.0. The highest BCUT2D eigenvalue weighted by Gasteiger charge is 2.57. The van der Waals surface area contributed by atoms with E-state index in [2.05, 4.69) is 4.90 Å². The first-order valence-electron chi connectivity index (χ1n) is 5.67. The molecule has 0 radical (unpaired) electrons. The van der Waals surface area contributed by atoms with Crippen molar-refractivity contribution in [2.24, 2.45) is 17.8 Å². The first kappa shape index (κ1) is 7.84. The van der Waals surface area contributed by atoms with Crippen molar-refractivity contribution < 1.29 is 4.79 Å². The Balaban J connectivity index is 1.63. The van der Waals surface area contributed by atoms with Gasteiger partial charge < -0.3 is 4.90 Å². The summed E-state index contributed by atoms with van der Waals surface area (Å²) >= 11 is 0. The van der Waals surface area contributed by atoms with E-state index in [1.54, 1.807) is 0 Å². The van der Waals surface area contributed by atoms with Gasteiger partial charge in [0, 0.05) is 19.0 Å². The van der Waals surface area contributed by atoms with E-state index in [1.165, 1.54) is 32.1 Å². The van der Waals surface area contributed by atoms with Gasteiger partial charge in [0.25, 0.3) is 0 Å². The van der Waals surface area contributed by atoms with Gasteiger partial charge in [0.1, 0.15) is 0 Å². The molecular formula is C11H17NO. The van der Waals surface area contributed by atoms with Crippen LogP contribution in [0.25, 0.3) is 0 Å². The van der Waals surface area contributed by atoms with Crippen LogP contribution in [0.15, 0.2) is 0 Å². The lowest BCUT2D eigenvalue weighted by Crippen LogP contribution is -2.30. The SMILES string of the molecule is O=C(C1C2CCCC21)N1CCCC1. The van der Waals surface area contributed by atoms with Crippen LogP contribution in [0.4, 0.5) is 0 Å². The molecule has 0 spiro atoms. The van der Waals surface area contributed by atoms with E-state index < -0.39 is 0 Å². The quantitative estimate of drug-likeness (QED) is 0.599. The van der Waals surface area contributed by atoms with Gasteiger partial charge in [-0.2, -0.15) is 0 Å². The van der Waals surface area contributed by atoms with Crippen LogP contribution in [0.3, 0.4) is 0 Å². The zero-order chi connectivity index (χ0) is 8.84. The highest BCUT2D eigenvalue weighted by atomic mass is 16.2. The van der Waals surface area contributed by atoms with Crippen molar-refractivity contribution in [2.75, 3.05) is 13.1 Å². The number of nitrogens with zero attached hydrogens (tertiary/aromatic N) is 1. The lowest BCUT2D eigenvalue weighted by Gasteiger charge is -2.16. The Hall–Kier alpha value is -0.530. The van der Waals surface area contributed by atoms with Crippen molar-refractivity contribution in [3.05, 3.63) is 0 Å². The van der Waals surface area contributed by atoms with Gasteiger partial charge in [-0.25, -0.2) is 0 Å². The summed E-state index contributed by atoms with van der Waals surface area (Å²) < 4.78 is 0. The average Bonchev–Trinajstić information content (AvgIpc) is 2.68. The number of rotatable bonds is 1. The van der Waals surface area contributed by atoms with E-state index >= 15 is 0 Å². The largest absolute Gasteiger partial charge is 0.342 e. The number of carbonyl (C=O) groups is 1. The van der Waals surface area contributed by atoms with Crippen molar-refractivity contribution in [3.8, 4) is 0 Å². The number of hydrogen-bond donors (Lipinski definition) is 0. The molecule has 2 heteroatoms. The number of amides is 1. The third-order valence-corrected chi connectivity index (χ3v) is 4.11. The van der Waals surface area contributed by atoms with E-state index in [-0.39, 0.29) is 0 Å². The minimum Gasteiger partial charge on any atom is -0.342 e. The maximum atomic E-state index is 11.9. The molecule has 2 saturated carbocycles. The Labute approximate surface area is 79.3 Å². The van der Waals surface area contributed by atoms with Crippen molar-refractivity contribution in [3.63, 3.8) is 0 Å². The molecule has 0 bridgehead atoms. The van der Waals surface area contributed by atoms with E-state index in [9.17, 15) is 4.79 Å². The van der Waals surface area contributed by atoms with Gasteiger partial charge in [-0.3, -0.25) is 4.79 Å². The smallest absolute Gasteiger partial charge is 0.226 e. The van der Waals surface area contributed by atoms with Crippen LogP contribution in [0.2, 0.25) is 0 Å². The third-order valence-electron chi connectivity index (χ3n) is 4.11. The molecule has 1 amide bonds. The van der Waals surface area contributed by atoms with Gasteiger partial charge in [-0.15, -0.1) is 0 Å². The predicted octanol–water partition coefficient (Wildman–Crippen LogP) is 1.65. The van der Waals surface area contributed by atoms with E-state index in [0.717, 1.165) is 24.9 Å². The Bertz CT molecular complexity index is 222. The minimum atomic E-state index is 0.465. The molecule has 1 saturated heterocycles. The molecule has 0 aromatic carbocycles. The number of carbonyl (C=O) groups excluding carboxylic acids is 1. The third kappa shape index (κ3) is 1.11. The molecule has 2 unspecified atom stereocenters. The van der Waals surface area contributed by atoms with Gasteiger partial charge in [0.2, 0.25) is 5.91 Å². The molecule has 72 valence electrons. The maximum Gasteiger partial charge on any atom is 0.226 e. The van der Waals surface area contributed by atoms with E-state index in [4.69, 9.17) is 0 Å². The number of hydrogen-bond acceptors (Lipinski definition) is 1. The number of likely N-dealkylation sites (tertiary alicyclic amines) is 1. The van der Waals surface area contributed by atoms with Crippen LogP contribution < -0.4 is 0 Å². The van der Waals surface area contributed by atoms with Crippen LogP contribution >= 0.6 is 0 Å². The zero-order valence-corrected chi connectivity index (χ0v) is 8.04. The van der Waals surface area contributed by atoms with Crippen LogP contribution in [0, 0.1) is 17.8 Å². The highest BCUT2D eigenvalue weighted by molar-refractivity contribution is 5.82. The Kier molecular flexibility index (Phi) is 1.64. The monoisotopic (exact) mass is 179 g/mol. The van der Waals surface area contributed by atoms with Crippen LogP contribution in [-0.4, -0.2) is 23.9 Å². The molecule has 1 heterocycles. The molecule has 0 aromatic heterocycles. The molecule has 3 aliphatic rings. The van der Waals surface area contributed by atoms with E-state index in [1.807, 2.05) is 0 Å². The normalized spacial score (nSPS) is 42.2. The van der Waals surface area contributed by atoms with Crippen molar-refractivity contribution in [2.45, 2.75) is 32.1 Å². The molecule has 3 fully saturated rings. The fraction of sp³-hybridized carbons (Fsp3) is 0.909. The molecule has 0 aromatic rings. The zero-order valence-electron chi connectivity index (χ0n) is 8.04. The minimum absolute atomic E-state index is 0.465. The van der Waals surface area contributed by atoms with Crippen LogP contribution in [0.5, 0.6) is 0 Å². The molecule has 2 aliphatic carbocycles. The van der Waals surface area contributed by atoms with Crippen molar-refractivity contribution in [1.82, 2.24) is 4.90 Å². The predicted molar refractivity (Wildman–Crippen MR) is 50.1 cm³/mol. The summed E-state index contributed by atoms with van der Waals surface area (Å²) in [6.07, 6.45) is 6.49. The first-order chi connectivity index (χ1) is 6.38. The summed E-state index contributed by atoms with van der Waals surface area (Å²) in [5.41, 5.74) is 0. The van der Waals surface area contributed by atoms with Gasteiger partial charge in [0.15, 0.2) is 0 Å². The summed E-state index contributed by atoms with van der Waals surface area (Å²) in [6, 6.07) is 0. The maximum absolute atomic E-state index is 11.9. The molecule has 0 N–H and O–H groups in total. The molecular weight excluding hydrogens is 162 g/mol. The Morgan fingerprint density at radius 2 is 1.62 bits per heavy atom. The molecule has 2 atom stereocenters. The van der Waals surface area contributed by atoms with Gasteiger partial charge >= 0.3 is 0 Å². The Morgan fingerprint density at radius 1 is 1.00 bits per heavy atom. The highest BCUT2D eigenvalue weighted by Crippen LogP contribution is 2.58. The molecule has 1 aliphatic heterocycles. The number of fused-ring (bicyclic) bond motifs is 1. The van der Waals surface area contributed by atoms with Gasteiger partial charge in [0.05, 0.1) is 0 Å². The Morgan fingerprint density at radius 3 is 2.23 bits per heavy atom. The van der Waals surface area contributed by atoms with Gasteiger partial charge in [-0.1, -0.05) is 6.42 Å². The molecule has 2 nitrogen and oxygen atoms in total.